The third kappa shape index (κ3) is 2.19. The number of carbonyl (C=O) groups is 1. The summed E-state index contributed by atoms with van der Waals surface area (Å²) in [6.07, 6.45) is 0.200. The number of aliphatic hydroxyl groups is 1. The second-order valence-electron chi connectivity index (χ2n) is 3.50. The smallest absolute Gasteiger partial charge is 0.223 e. The van der Waals surface area contributed by atoms with E-state index in [2.05, 4.69) is 0 Å². The van der Waals surface area contributed by atoms with Gasteiger partial charge in [-0.25, -0.2) is 0 Å². The molecule has 1 fully saturated rings. The largest absolute Gasteiger partial charge is 0.389 e. The summed E-state index contributed by atoms with van der Waals surface area (Å²) in [5.41, 5.74) is 5.39. The van der Waals surface area contributed by atoms with Gasteiger partial charge in [-0.3, -0.25) is 4.79 Å². The monoisotopic (exact) mass is 172 g/mol. The highest BCUT2D eigenvalue weighted by atomic mass is 16.3. The molecule has 0 aromatic carbocycles. The number of rotatable bonds is 3. The highest BCUT2D eigenvalue weighted by molar-refractivity contribution is 5.77. The van der Waals surface area contributed by atoms with Crippen molar-refractivity contribution in [2.24, 2.45) is 11.7 Å². The molecule has 1 rings (SSSR count). The Bertz CT molecular complexity index is 166. The van der Waals surface area contributed by atoms with Gasteiger partial charge in [0.25, 0.3) is 0 Å². The first-order valence-corrected chi connectivity index (χ1v) is 4.29. The van der Waals surface area contributed by atoms with Crippen LogP contribution in [0.15, 0.2) is 0 Å². The van der Waals surface area contributed by atoms with E-state index in [0.717, 1.165) is 0 Å². The maximum Gasteiger partial charge on any atom is 0.223 e. The van der Waals surface area contributed by atoms with Gasteiger partial charge in [0.15, 0.2) is 0 Å². The van der Waals surface area contributed by atoms with Gasteiger partial charge in [-0.1, -0.05) is 6.92 Å². The molecular weight excluding hydrogens is 156 g/mol. The molecule has 12 heavy (non-hydrogen) atoms. The molecular formula is C8H16N2O2. The number of carbonyl (C=O) groups excluding carboxylic acids is 1. The summed E-state index contributed by atoms with van der Waals surface area (Å²) < 4.78 is 0. The van der Waals surface area contributed by atoms with E-state index in [9.17, 15) is 4.79 Å². The molecule has 0 aliphatic carbocycles. The van der Waals surface area contributed by atoms with Crippen LogP contribution in [0.1, 0.15) is 13.3 Å². The summed E-state index contributed by atoms with van der Waals surface area (Å²) in [4.78, 5) is 13.0. The fourth-order valence-corrected chi connectivity index (χ4v) is 1.17. The Morgan fingerprint density at radius 1 is 1.75 bits per heavy atom. The lowest BCUT2D eigenvalue weighted by atomic mass is 10.1. The third-order valence-corrected chi connectivity index (χ3v) is 2.14. The number of hydrogen-bond donors (Lipinski definition) is 2. The zero-order chi connectivity index (χ0) is 9.14. The molecule has 0 radical (unpaired) electrons. The molecule has 1 heterocycles. The van der Waals surface area contributed by atoms with Crippen molar-refractivity contribution in [2.45, 2.75) is 19.4 Å². The number of hydrogen-bond acceptors (Lipinski definition) is 3. The van der Waals surface area contributed by atoms with Gasteiger partial charge in [-0.2, -0.15) is 0 Å². The Kier molecular flexibility index (Phi) is 3.05. The molecule has 0 saturated carbocycles. The van der Waals surface area contributed by atoms with Crippen molar-refractivity contribution in [1.29, 1.82) is 0 Å². The van der Waals surface area contributed by atoms with Crippen LogP contribution >= 0.6 is 0 Å². The first-order valence-electron chi connectivity index (χ1n) is 4.29. The van der Waals surface area contributed by atoms with E-state index >= 15 is 0 Å². The zero-order valence-electron chi connectivity index (χ0n) is 7.36. The highest BCUT2D eigenvalue weighted by Gasteiger charge is 2.28. The lowest BCUT2D eigenvalue weighted by Crippen LogP contribution is -2.53. The van der Waals surface area contributed by atoms with Gasteiger partial charge in [0, 0.05) is 19.5 Å². The van der Waals surface area contributed by atoms with Crippen LogP contribution in [0.4, 0.5) is 0 Å². The quantitative estimate of drug-likeness (QED) is 0.584. The summed E-state index contributed by atoms with van der Waals surface area (Å²) in [6.45, 7) is 3.49. The average Bonchev–Trinajstić information content (AvgIpc) is 1.98. The molecule has 4 nitrogen and oxygen atoms in total. The van der Waals surface area contributed by atoms with E-state index in [1.54, 1.807) is 4.90 Å². The molecule has 1 unspecified atom stereocenters. The maximum atomic E-state index is 11.3. The Hall–Kier alpha value is -0.610. The first-order chi connectivity index (χ1) is 5.63. The third-order valence-electron chi connectivity index (χ3n) is 2.14. The van der Waals surface area contributed by atoms with Crippen LogP contribution in [0.2, 0.25) is 0 Å². The minimum Gasteiger partial charge on any atom is -0.389 e. The van der Waals surface area contributed by atoms with Gasteiger partial charge in [0.2, 0.25) is 5.91 Å². The van der Waals surface area contributed by atoms with E-state index in [1.807, 2.05) is 6.92 Å². The molecule has 0 aromatic rings. The summed E-state index contributed by atoms with van der Waals surface area (Å²) in [6, 6.07) is 0. The van der Waals surface area contributed by atoms with E-state index in [4.69, 9.17) is 10.8 Å². The summed E-state index contributed by atoms with van der Waals surface area (Å²) in [7, 11) is 0. The van der Waals surface area contributed by atoms with Gasteiger partial charge >= 0.3 is 0 Å². The first kappa shape index (κ1) is 9.48. The van der Waals surface area contributed by atoms with E-state index in [-0.39, 0.29) is 17.9 Å². The second-order valence-corrected chi connectivity index (χ2v) is 3.50. The summed E-state index contributed by atoms with van der Waals surface area (Å²) in [5, 5.41) is 8.94. The molecule has 1 amide bonds. The lowest BCUT2D eigenvalue weighted by Gasteiger charge is -2.36. The van der Waals surface area contributed by atoms with Crippen LogP contribution in [0, 0.1) is 5.92 Å². The van der Waals surface area contributed by atoms with Gasteiger partial charge in [0.1, 0.15) is 0 Å². The lowest BCUT2D eigenvalue weighted by molar-refractivity contribution is -0.142. The van der Waals surface area contributed by atoms with Gasteiger partial charge in [-0.15, -0.1) is 0 Å². The van der Waals surface area contributed by atoms with Crippen LogP contribution in [-0.2, 0) is 4.79 Å². The predicted molar refractivity (Wildman–Crippen MR) is 45.4 cm³/mol. The number of aliphatic hydroxyl groups excluding tert-OH is 1. The molecule has 1 atom stereocenters. The SMILES string of the molecule is CC(CN)CC(=O)N1CC(O)C1. The van der Waals surface area contributed by atoms with Gasteiger partial charge in [-0.05, 0) is 12.5 Å². The molecule has 0 bridgehead atoms. The standard InChI is InChI=1S/C8H16N2O2/c1-6(3-9)2-8(12)10-4-7(11)5-10/h6-7,11H,2-5,9H2,1H3. The molecule has 3 N–H and O–H groups in total. The minimum atomic E-state index is -0.304. The topological polar surface area (TPSA) is 66.6 Å². The highest BCUT2D eigenvalue weighted by Crippen LogP contribution is 2.11. The Labute approximate surface area is 72.3 Å². The Morgan fingerprint density at radius 3 is 2.75 bits per heavy atom. The van der Waals surface area contributed by atoms with Crippen LogP contribution in [0.3, 0.4) is 0 Å². The fraction of sp³-hybridized carbons (Fsp3) is 0.875. The van der Waals surface area contributed by atoms with Crippen molar-refractivity contribution in [3.63, 3.8) is 0 Å². The van der Waals surface area contributed by atoms with Crippen LogP contribution in [0.25, 0.3) is 0 Å². The molecule has 4 heteroatoms. The second kappa shape index (κ2) is 3.87. The Balaban J connectivity index is 2.20. The minimum absolute atomic E-state index is 0.109. The molecule has 70 valence electrons. The van der Waals surface area contributed by atoms with Crippen molar-refractivity contribution in [3.05, 3.63) is 0 Å². The van der Waals surface area contributed by atoms with Crippen molar-refractivity contribution >= 4 is 5.91 Å². The van der Waals surface area contributed by atoms with E-state index in [1.165, 1.54) is 0 Å². The molecule has 0 spiro atoms. The van der Waals surface area contributed by atoms with E-state index in [0.29, 0.717) is 26.1 Å². The molecule has 1 saturated heterocycles. The number of amides is 1. The average molecular weight is 172 g/mol. The van der Waals surface area contributed by atoms with Crippen molar-refractivity contribution in [1.82, 2.24) is 4.90 Å². The summed E-state index contributed by atoms with van der Waals surface area (Å²) >= 11 is 0. The van der Waals surface area contributed by atoms with Crippen molar-refractivity contribution < 1.29 is 9.90 Å². The molecule has 0 aromatic heterocycles. The molecule has 1 aliphatic heterocycles. The van der Waals surface area contributed by atoms with Crippen LogP contribution < -0.4 is 5.73 Å². The predicted octanol–water partition coefficient (Wildman–Crippen LogP) is -0.826. The number of nitrogens with two attached hydrogens (primary N) is 1. The van der Waals surface area contributed by atoms with Gasteiger partial charge < -0.3 is 15.7 Å². The van der Waals surface area contributed by atoms with Crippen molar-refractivity contribution in [3.8, 4) is 0 Å². The maximum absolute atomic E-state index is 11.3. The van der Waals surface area contributed by atoms with Crippen molar-refractivity contribution in [2.75, 3.05) is 19.6 Å². The van der Waals surface area contributed by atoms with Crippen LogP contribution in [0.5, 0.6) is 0 Å². The number of β-amino-alcohol motifs (C(OH)–C–C–N with tert-alkyl or cyclic N) is 1. The van der Waals surface area contributed by atoms with Gasteiger partial charge in [0.05, 0.1) is 6.10 Å². The Morgan fingerprint density at radius 2 is 2.33 bits per heavy atom. The zero-order valence-corrected chi connectivity index (χ0v) is 7.36. The van der Waals surface area contributed by atoms with E-state index < -0.39 is 0 Å². The number of likely N-dealkylation sites (tertiary alicyclic amines) is 1. The molecule has 1 aliphatic rings. The van der Waals surface area contributed by atoms with Crippen LogP contribution in [-0.4, -0.2) is 41.7 Å². The normalized spacial score (nSPS) is 20.4. The summed E-state index contributed by atoms with van der Waals surface area (Å²) in [5.74, 6) is 0.355. The fourth-order valence-electron chi connectivity index (χ4n) is 1.17. The number of nitrogens with zero attached hydrogens (tertiary/aromatic N) is 1.